The Bertz CT molecular complexity index is 2540. The number of para-hydroxylation sites is 5. The molecule has 0 saturated heterocycles. The van der Waals surface area contributed by atoms with Gasteiger partial charge in [0, 0.05) is 27.7 Å². The van der Waals surface area contributed by atoms with E-state index in [1.54, 1.807) is 0 Å². The summed E-state index contributed by atoms with van der Waals surface area (Å²) in [4.78, 5) is 2.44. The lowest BCUT2D eigenvalue weighted by Crippen LogP contribution is -2.12. The van der Waals surface area contributed by atoms with Gasteiger partial charge in [0.05, 0.1) is 22.4 Å². The van der Waals surface area contributed by atoms with Crippen LogP contribution in [0.4, 0.5) is 17.1 Å². The van der Waals surface area contributed by atoms with Crippen molar-refractivity contribution in [1.82, 2.24) is 4.57 Å². The van der Waals surface area contributed by atoms with Gasteiger partial charge in [-0.1, -0.05) is 152 Å². The van der Waals surface area contributed by atoms with Crippen molar-refractivity contribution in [2.24, 2.45) is 0 Å². The van der Waals surface area contributed by atoms with Crippen LogP contribution in [0.25, 0.3) is 60.5 Å². The van der Waals surface area contributed by atoms with E-state index < -0.39 is 0 Å². The molecule has 1 aromatic heterocycles. The van der Waals surface area contributed by atoms with E-state index in [1.165, 1.54) is 54.8 Å². The van der Waals surface area contributed by atoms with Crippen molar-refractivity contribution in [3.8, 4) is 27.9 Å². The first-order valence-electron chi connectivity index (χ1n) is 16.5. The van der Waals surface area contributed by atoms with Crippen molar-refractivity contribution < 1.29 is 0 Å². The zero-order valence-electron chi connectivity index (χ0n) is 26.4. The monoisotopic (exact) mass is 612 g/mol. The molecule has 2 nitrogen and oxygen atoms in total. The van der Waals surface area contributed by atoms with Crippen LogP contribution in [0, 0.1) is 0 Å². The molecule has 0 bridgehead atoms. The molecule has 2 heteroatoms. The molecule has 0 atom stereocenters. The van der Waals surface area contributed by atoms with Crippen LogP contribution in [0.3, 0.4) is 0 Å². The van der Waals surface area contributed by atoms with Gasteiger partial charge < -0.3 is 9.47 Å². The summed E-state index contributed by atoms with van der Waals surface area (Å²) in [6, 6.07) is 69.9. The van der Waals surface area contributed by atoms with Crippen LogP contribution in [0.5, 0.6) is 0 Å². The summed E-state index contributed by atoms with van der Waals surface area (Å²) in [5.41, 5.74) is 11.7. The normalized spacial score (nSPS) is 11.3. The summed E-state index contributed by atoms with van der Waals surface area (Å²) in [6.07, 6.45) is 0. The number of fused-ring (bicyclic) bond motifs is 4. The maximum Gasteiger partial charge on any atom is 0.0782 e. The molecule has 0 radical (unpaired) electrons. The Morgan fingerprint density at radius 3 is 1.73 bits per heavy atom. The van der Waals surface area contributed by atoms with E-state index in [9.17, 15) is 0 Å². The van der Waals surface area contributed by atoms with Gasteiger partial charge in [-0.15, -0.1) is 0 Å². The molecule has 0 unspecified atom stereocenters. The number of nitrogens with zero attached hydrogens (tertiary/aromatic N) is 2. The SMILES string of the molecule is c1ccc(-c2cccc3cccc(-c4ccccc4N(c4ccccc4)c4cccc5c6ccccc6n(-c6ccccc6)c45)c23)cc1. The van der Waals surface area contributed by atoms with Crippen molar-refractivity contribution >= 4 is 49.6 Å². The van der Waals surface area contributed by atoms with Crippen LogP contribution in [0.1, 0.15) is 0 Å². The molecule has 9 rings (SSSR count). The van der Waals surface area contributed by atoms with E-state index in [0.717, 1.165) is 22.7 Å². The first-order valence-corrected chi connectivity index (χ1v) is 16.5. The molecule has 0 N–H and O–H groups in total. The Kier molecular flexibility index (Phi) is 6.84. The smallest absolute Gasteiger partial charge is 0.0782 e. The second-order valence-corrected chi connectivity index (χ2v) is 12.1. The fourth-order valence-electron chi connectivity index (χ4n) is 7.33. The fraction of sp³-hybridized carbons (Fsp3) is 0. The Morgan fingerprint density at radius 1 is 0.375 bits per heavy atom. The molecule has 0 aliphatic carbocycles. The molecule has 0 saturated carbocycles. The summed E-state index contributed by atoms with van der Waals surface area (Å²) in [7, 11) is 0. The molecule has 0 aliphatic heterocycles. The van der Waals surface area contributed by atoms with Gasteiger partial charge in [-0.25, -0.2) is 0 Å². The second kappa shape index (κ2) is 11.8. The van der Waals surface area contributed by atoms with Crippen molar-refractivity contribution in [1.29, 1.82) is 0 Å². The topological polar surface area (TPSA) is 8.17 Å². The van der Waals surface area contributed by atoms with Crippen molar-refractivity contribution in [3.63, 3.8) is 0 Å². The highest BCUT2D eigenvalue weighted by molar-refractivity contribution is 6.15. The van der Waals surface area contributed by atoms with E-state index in [4.69, 9.17) is 0 Å². The third-order valence-electron chi connectivity index (χ3n) is 9.37. The summed E-state index contributed by atoms with van der Waals surface area (Å²) in [5, 5.41) is 4.94. The van der Waals surface area contributed by atoms with E-state index in [0.29, 0.717) is 0 Å². The molecule has 0 amide bonds. The van der Waals surface area contributed by atoms with Crippen LogP contribution < -0.4 is 4.90 Å². The minimum Gasteiger partial charge on any atom is -0.308 e. The number of benzene rings is 8. The van der Waals surface area contributed by atoms with Gasteiger partial charge in [-0.3, -0.25) is 0 Å². The fourth-order valence-corrected chi connectivity index (χ4v) is 7.33. The molecule has 8 aromatic carbocycles. The van der Waals surface area contributed by atoms with Crippen LogP contribution in [-0.2, 0) is 0 Å². The summed E-state index contributed by atoms with van der Waals surface area (Å²) in [5.74, 6) is 0. The highest BCUT2D eigenvalue weighted by Crippen LogP contribution is 2.47. The highest BCUT2D eigenvalue weighted by atomic mass is 15.2. The third kappa shape index (κ3) is 4.58. The molecule has 0 fully saturated rings. The van der Waals surface area contributed by atoms with Crippen LogP contribution in [-0.4, -0.2) is 4.57 Å². The van der Waals surface area contributed by atoms with E-state index >= 15 is 0 Å². The standard InChI is InChI=1S/C46H32N2/c1-4-17-33(18-5-1)37-27-14-19-34-20-15-28-40(45(34)37)38-25-10-12-30-42(38)47(35-21-6-2-7-22-35)44-32-16-29-41-39-26-11-13-31-43(39)48(46(41)44)36-23-8-3-9-24-36/h1-32H. The molecule has 48 heavy (non-hydrogen) atoms. The van der Waals surface area contributed by atoms with Gasteiger partial charge in [-0.2, -0.15) is 0 Å². The summed E-state index contributed by atoms with van der Waals surface area (Å²) in [6.45, 7) is 0. The maximum absolute atomic E-state index is 2.44. The lowest BCUT2D eigenvalue weighted by atomic mass is 9.90. The minimum absolute atomic E-state index is 1.10. The molecular weight excluding hydrogens is 581 g/mol. The molecule has 1 heterocycles. The number of aromatic nitrogens is 1. The van der Waals surface area contributed by atoms with Crippen LogP contribution >= 0.6 is 0 Å². The third-order valence-corrected chi connectivity index (χ3v) is 9.37. The van der Waals surface area contributed by atoms with Crippen molar-refractivity contribution in [2.75, 3.05) is 4.90 Å². The van der Waals surface area contributed by atoms with Gasteiger partial charge in [0.1, 0.15) is 0 Å². The Morgan fingerprint density at radius 2 is 0.938 bits per heavy atom. The lowest BCUT2D eigenvalue weighted by molar-refractivity contribution is 1.17. The van der Waals surface area contributed by atoms with E-state index in [1.807, 2.05) is 0 Å². The first-order chi connectivity index (χ1) is 23.9. The molecule has 0 spiro atoms. The number of hydrogen-bond donors (Lipinski definition) is 0. The van der Waals surface area contributed by atoms with Crippen molar-refractivity contribution in [3.05, 3.63) is 194 Å². The number of rotatable bonds is 6. The average Bonchev–Trinajstić information content (AvgIpc) is 3.51. The summed E-state index contributed by atoms with van der Waals surface area (Å²) >= 11 is 0. The Labute approximate surface area is 280 Å². The highest BCUT2D eigenvalue weighted by Gasteiger charge is 2.24. The zero-order chi connectivity index (χ0) is 31.9. The number of hydrogen-bond acceptors (Lipinski definition) is 1. The molecular formula is C46H32N2. The Balaban J connectivity index is 1.37. The van der Waals surface area contributed by atoms with Gasteiger partial charge in [-0.05, 0) is 69.9 Å². The second-order valence-electron chi connectivity index (χ2n) is 12.1. The quantitative estimate of drug-likeness (QED) is 0.181. The zero-order valence-corrected chi connectivity index (χ0v) is 26.4. The molecule has 226 valence electrons. The largest absolute Gasteiger partial charge is 0.308 e. The van der Waals surface area contributed by atoms with Gasteiger partial charge >= 0.3 is 0 Å². The predicted octanol–water partition coefficient (Wildman–Crippen LogP) is 12.7. The maximum atomic E-state index is 2.44. The first kappa shape index (κ1) is 27.9. The van der Waals surface area contributed by atoms with E-state index in [2.05, 4.69) is 204 Å². The average molecular weight is 613 g/mol. The minimum atomic E-state index is 1.10. The van der Waals surface area contributed by atoms with Gasteiger partial charge in [0.25, 0.3) is 0 Å². The number of anilines is 3. The van der Waals surface area contributed by atoms with Gasteiger partial charge in [0.2, 0.25) is 0 Å². The van der Waals surface area contributed by atoms with Crippen molar-refractivity contribution in [2.45, 2.75) is 0 Å². The molecule has 0 aliphatic rings. The Hall–Kier alpha value is -6.38. The molecule has 9 aromatic rings. The summed E-state index contributed by atoms with van der Waals surface area (Å²) < 4.78 is 2.42. The van der Waals surface area contributed by atoms with Gasteiger partial charge in [0.15, 0.2) is 0 Å². The van der Waals surface area contributed by atoms with Crippen LogP contribution in [0.2, 0.25) is 0 Å². The lowest BCUT2D eigenvalue weighted by Gasteiger charge is -2.29. The predicted molar refractivity (Wildman–Crippen MR) is 204 cm³/mol. The van der Waals surface area contributed by atoms with Crippen LogP contribution in [0.15, 0.2) is 194 Å². The van der Waals surface area contributed by atoms with E-state index in [-0.39, 0.29) is 0 Å².